The van der Waals surface area contributed by atoms with Crippen LogP contribution in [-0.2, 0) is 4.79 Å². The van der Waals surface area contributed by atoms with Crippen LogP contribution in [0, 0.1) is 15.2 Å². The van der Waals surface area contributed by atoms with E-state index in [1.54, 1.807) is 12.1 Å². The van der Waals surface area contributed by atoms with E-state index in [1.165, 1.54) is 19.2 Å². The van der Waals surface area contributed by atoms with Gasteiger partial charge >= 0.3 is 0 Å². The number of halogens is 4. The standard InChI is InChI=1S/C16H12ClF2IN2O2/c1-21-16(24)14(8-3-5-11(18)12(19)6-8)22-15(23)9-2-4-10(17)13(20)7-9/h2-7,14H,1H3,(H,21,24)(H,22,23). The minimum Gasteiger partial charge on any atom is -0.357 e. The molecule has 0 heterocycles. The topological polar surface area (TPSA) is 58.2 Å². The molecule has 8 heteroatoms. The number of carbonyl (C=O) groups is 2. The van der Waals surface area contributed by atoms with Crippen LogP contribution in [0.5, 0.6) is 0 Å². The summed E-state index contributed by atoms with van der Waals surface area (Å²) in [6, 6.07) is 6.48. The molecule has 0 aliphatic rings. The van der Waals surface area contributed by atoms with Crippen molar-refractivity contribution in [2.75, 3.05) is 7.05 Å². The van der Waals surface area contributed by atoms with Gasteiger partial charge in [0.25, 0.3) is 5.91 Å². The molecule has 2 N–H and O–H groups in total. The molecule has 126 valence electrons. The molecule has 2 aromatic rings. The highest BCUT2D eigenvalue weighted by atomic mass is 127. The van der Waals surface area contributed by atoms with E-state index < -0.39 is 29.5 Å². The molecule has 2 aromatic carbocycles. The maximum absolute atomic E-state index is 13.4. The van der Waals surface area contributed by atoms with E-state index in [0.29, 0.717) is 14.2 Å². The van der Waals surface area contributed by atoms with E-state index in [-0.39, 0.29) is 5.56 Å². The van der Waals surface area contributed by atoms with Crippen molar-refractivity contribution in [3.8, 4) is 0 Å². The summed E-state index contributed by atoms with van der Waals surface area (Å²) in [6.07, 6.45) is 0. The van der Waals surface area contributed by atoms with Gasteiger partial charge < -0.3 is 10.6 Å². The zero-order chi connectivity index (χ0) is 17.9. The van der Waals surface area contributed by atoms with E-state index in [9.17, 15) is 18.4 Å². The largest absolute Gasteiger partial charge is 0.357 e. The minimum absolute atomic E-state index is 0.130. The second-order valence-corrected chi connectivity index (χ2v) is 6.39. The van der Waals surface area contributed by atoms with E-state index >= 15 is 0 Å². The van der Waals surface area contributed by atoms with Crippen molar-refractivity contribution in [2.24, 2.45) is 0 Å². The maximum Gasteiger partial charge on any atom is 0.252 e. The summed E-state index contributed by atoms with van der Waals surface area (Å²) in [7, 11) is 1.38. The molecule has 1 atom stereocenters. The maximum atomic E-state index is 13.4. The zero-order valence-corrected chi connectivity index (χ0v) is 15.3. The lowest BCUT2D eigenvalue weighted by Crippen LogP contribution is -2.39. The number of carbonyl (C=O) groups excluding carboxylic acids is 2. The van der Waals surface area contributed by atoms with Gasteiger partial charge in [0, 0.05) is 16.2 Å². The Morgan fingerprint density at radius 2 is 1.83 bits per heavy atom. The number of hydrogen-bond donors (Lipinski definition) is 2. The Morgan fingerprint density at radius 3 is 2.42 bits per heavy atom. The quantitative estimate of drug-likeness (QED) is 0.681. The Labute approximate surface area is 155 Å². The molecule has 0 spiro atoms. The first kappa shape index (κ1) is 18.6. The fourth-order valence-electron chi connectivity index (χ4n) is 1.99. The fourth-order valence-corrected chi connectivity index (χ4v) is 2.62. The summed E-state index contributed by atoms with van der Waals surface area (Å²) < 4.78 is 27.2. The van der Waals surface area contributed by atoms with Gasteiger partial charge in [0.1, 0.15) is 6.04 Å². The summed E-state index contributed by atoms with van der Waals surface area (Å²) in [4.78, 5) is 24.4. The predicted octanol–water partition coefficient (Wildman–Crippen LogP) is 3.44. The van der Waals surface area contributed by atoms with Crippen molar-refractivity contribution in [2.45, 2.75) is 6.04 Å². The number of rotatable bonds is 4. The van der Waals surface area contributed by atoms with Crippen molar-refractivity contribution in [1.82, 2.24) is 10.6 Å². The van der Waals surface area contributed by atoms with Crippen LogP contribution in [0.1, 0.15) is 22.0 Å². The van der Waals surface area contributed by atoms with Crippen molar-refractivity contribution < 1.29 is 18.4 Å². The molecule has 0 saturated heterocycles. The number of benzene rings is 2. The second kappa shape index (κ2) is 7.89. The number of amides is 2. The fraction of sp³-hybridized carbons (Fsp3) is 0.125. The van der Waals surface area contributed by atoms with Gasteiger partial charge in [-0.2, -0.15) is 0 Å². The van der Waals surface area contributed by atoms with Gasteiger partial charge in [-0.3, -0.25) is 9.59 Å². The summed E-state index contributed by atoms with van der Waals surface area (Å²) in [5.41, 5.74) is 0.422. The second-order valence-electron chi connectivity index (χ2n) is 4.82. The highest BCUT2D eigenvalue weighted by Gasteiger charge is 2.23. The summed E-state index contributed by atoms with van der Waals surface area (Å²) >= 11 is 7.89. The molecule has 0 aliphatic heterocycles. The van der Waals surface area contributed by atoms with Crippen LogP contribution in [0.3, 0.4) is 0 Å². The molecule has 0 fully saturated rings. The lowest BCUT2D eigenvalue weighted by molar-refractivity contribution is -0.122. The molecule has 2 rings (SSSR count). The first-order valence-electron chi connectivity index (χ1n) is 6.76. The van der Waals surface area contributed by atoms with E-state index in [4.69, 9.17) is 11.6 Å². The van der Waals surface area contributed by atoms with Gasteiger partial charge in [-0.1, -0.05) is 17.7 Å². The van der Waals surface area contributed by atoms with Crippen LogP contribution in [0.15, 0.2) is 36.4 Å². The summed E-state index contributed by atoms with van der Waals surface area (Å²) in [6.45, 7) is 0. The molecule has 0 aromatic heterocycles. The molecular weight excluding hydrogens is 453 g/mol. The van der Waals surface area contributed by atoms with Crippen LogP contribution < -0.4 is 10.6 Å². The average molecular weight is 465 g/mol. The highest BCUT2D eigenvalue weighted by Crippen LogP contribution is 2.21. The number of hydrogen-bond acceptors (Lipinski definition) is 2. The normalized spacial score (nSPS) is 11.7. The molecule has 1 unspecified atom stereocenters. The zero-order valence-electron chi connectivity index (χ0n) is 12.4. The van der Waals surface area contributed by atoms with Gasteiger partial charge in [-0.05, 0) is 58.5 Å². The molecule has 0 saturated carbocycles. The van der Waals surface area contributed by atoms with Gasteiger partial charge in [-0.25, -0.2) is 8.78 Å². The van der Waals surface area contributed by atoms with Gasteiger partial charge in [-0.15, -0.1) is 0 Å². The van der Waals surface area contributed by atoms with Crippen LogP contribution in [0.4, 0.5) is 8.78 Å². The van der Waals surface area contributed by atoms with Crippen LogP contribution in [0.2, 0.25) is 5.02 Å². The monoisotopic (exact) mass is 464 g/mol. The Bertz CT molecular complexity index is 802. The first-order valence-corrected chi connectivity index (χ1v) is 8.21. The molecule has 0 radical (unpaired) electrons. The van der Waals surface area contributed by atoms with E-state index in [1.807, 2.05) is 22.6 Å². The van der Waals surface area contributed by atoms with Gasteiger partial charge in [0.15, 0.2) is 11.6 Å². The summed E-state index contributed by atoms with van der Waals surface area (Å²) in [5, 5.41) is 5.39. The van der Waals surface area contributed by atoms with Gasteiger partial charge in [0.2, 0.25) is 5.91 Å². The van der Waals surface area contributed by atoms with Crippen molar-refractivity contribution in [3.05, 3.63) is 67.8 Å². The average Bonchev–Trinajstić information content (AvgIpc) is 2.56. The van der Waals surface area contributed by atoms with Crippen molar-refractivity contribution in [1.29, 1.82) is 0 Å². The van der Waals surface area contributed by atoms with E-state index in [2.05, 4.69) is 10.6 Å². The van der Waals surface area contributed by atoms with Crippen LogP contribution >= 0.6 is 34.2 Å². The highest BCUT2D eigenvalue weighted by molar-refractivity contribution is 14.1. The van der Waals surface area contributed by atoms with Crippen molar-refractivity contribution >= 4 is 46.0 Å². The lowest BCUT2D eigenvalue weighted by atomic mass is 10.0. The number of nitrogens with one attached hydrogen (secondary N) is 2. The molecule has 24 heavy (non-hydrogen) atoms. The first-order chi connectivity index (χ1) is 11.3. The van der Waals surface area contributed by atoms with Crippen LogP contribution in [0.25, 0.3) is 0 Å². The molecule has 0 bridgehead atoms. The smallest absolute Gasteiger partial charge is 0.252 e. The Kier molecular flexibility index (Phi) is 6.11. The Balaban J connectivity index is 2.31. The van der Waals surface area contributed by atoms with Crippen LogP contribution in [-0.4, -0.2) is 18.9 Å². The molecule has 2 amide bonds. The summed E-state index contributed by atoms with van der Waals surface area (Å²) in [5.74, 6) is -3.23. The number of likely N-dealkylation sites (N-methyl/N-ethyl adjacent to an activating group) is 1. The minimum atomic E-state index is -1.16. The predicted molar refractivity (Wildman–Crippen MR) is 94.8 cm³/mol. The van der Waals surface area contributed by atoms with E-state index in [0.717, 1.165) is 12.1 Å². The third-order valence-corrected chi connectivity index (χ3v) is 4.78. The Morgan fingerprint density at radius 1 is 1.12 bits per heavy atom. The molecule has 4 nitrogen and oxygen atoms in total. The van der Waals surface area contributed by atoms with Gasteiger partial charge in [0.05, 0.1) is 5.02 Å². The SMILES string of the molecule is CNC(=O)C(NC(=O)c1ccc(Cl)c(I)c1)c1ccc(F)c(F)c1. The lowest BCUT2D eigenvalue weighted by Gasteiger charge is -2.18. The third-order valence-electron chi connectivity index (χ3n) is 3.24. The molecular formula is C16H12ClF2IN2O2. The third kappa shape index (κ3) is 4.21. The van der Waals surface area contributed by atoms with Crippen molar-refractivity contribution in [3.63, 3.8) is 0 Å². The molecule has 0 aliphatic carbocycles. The Hall–Kier alpha value is -1.74.